The summed E-state index contributed by atoms with van der Waals surface area (Å²) in [7, 11) is 0. The molecule has 0 unspecified atom stereocenters. The molecule has 1 saturated heterocycles. The lowest BCUT2D eigenvalue weighted by atomic mass is 9.97. The summed E-state index contributed by atoms with van der Waals surface area (Å²) in [6.45, 7) is 2.30. The first-order chi connectivity index (χ1) is 16.5. The van der Waals surface area contributed by atoms with Crippen molar-refractivity contribution in [2.24, 2.45) is 5.92 Å². The van der Waals surface area contributed by atoms with E-state index in [0.717, 1.165) is 48.0 Å². The lowest BCUT2D eigenvalue weighted by Crippen LogP contribution is -2.38. The number of piperidine rings is 1. The SMILES string of the molecule is O=C(/C=C/c1ccc([N+](=O)[O-])cc1)NCC1CCN(c2nc(Cc3ccc(F)cc3)ns2)CC1. The van der Waals surface area contributed by atoms with Crippen molar-refractivity contribution >= 4 is 34.3 Å². The van der Waals surface area contributed by atoms with Crippen LogP contribution in [0, 0.1) is 21.8 Å². The molecule has 0 saturated carbocycles. The molecule has 1 aromatic heterocycles. The van der Waals surface area contributed by atoms with Crippen molar-refractivity contribution in [2.75, 3.05) is 24.5 Å². The minimum atomic E-state index is -0.455. The minimum absolute atomic E-state index is 0.0191. The van der Waals surface area contributed by atoms with Gasteiger partial charge in [0.2, 0.25) is 11.0 Å². The third kappa shape index (κ3) is 6.44. The number of anilines is 1. The third-order valence-electron chi connectivity index (χ3n) is 5.71. The highest BCUT2D eigenvalue weighted by Gasteiger charge is 2.22. The fraction of sp³-hybridized carbons (Fsp3) is 0.292. The number of nitrogens with one attached hydrogen (secondary N) is 1. The molecule has 1 aliphatic rings. The van der Waals surface area contributed by atoms with Crippen LogP contribution >= 0.6 is 11.5 Å². The molecule has 4 rings (SSSR count). The van der Waals surface area contributed by atoms with Crippen LogP contribution in [0.3, 0.4) is 0 Å². The molecule has 1 fully saturated rings. The first-order valence-corrected chi connectivity index (χ1v) is 11.8. The Bertz CT molecular complexity index is 1160. The molecular formula is C24H24FN5O3S. The Morgan fingerprint density at radius 3 is 2.56 bits per heavy atom. The van der Waals surface area contributed by atoms with Gasteiger partial charge in [0.25, 0.3) is 5.69 Å². The van der Waals surface area contributed by atoms with Gasteiger partial charge in [-0.3, -0.25) is 14.9 Å². The second-order valence-electron chi connectivity index (χ2n) is 8.15. The average molecular weight is 482 g/mol. The maximum atomic E-state index is 13.1. The van der Waals surface area contributed by atoms with Crippen LogP contribution in [-0.4, -0.2) is 39.8 Å². The number of nitro benzene ring substituents is 1. The smallest absolute Gasteiger partial charge is 0.269 e. The highest BCUT2D eigenvalue weighted by atomic mass is 32.1. The summed E-state index contributed by atoms with van der Waals surface area (Å²) < 4.78 is 17.5. The van der Waals surface area contributed by atoms with E-state index in [-0.39, 0.29) is 17.4 Å². The Morgan fingerprint density at radius 1 is 1.18 bits per heavy atom. The molecule has 3 aromatic rings. The molecule has 1 aliphatic heterocycles. The van der Waals surface area contributed by atoms with Crippen LogP contribution in [-0.2, 0) is 11.2 Å². The van der Waals surface area contributed by atoms with Gasteiger partial charge in [0, 0.05) is 55.8 Å². The monoisotopic (exact) mass is 481 g/mol. The lowest BCUT2D eigenvalue weighted by molar-refractivity contribution is -0.384. The van der Waals surface area contributed by atoms with Crippen molar-refractivity contribution in [2.45, 2.75) is 19.3 Å². The van der Waals surface area contributed by atoms with E-state index >= 15 is 0 Å². The quantitative estimate of drug-likeness (QED) is 0.294. The van der Waals surface area contributed by atoms with Crippen LogP contribution in [0.5, 0.6) is 0 Å². The Balaban J connectivity index is 1.20. The minimum Gasteiger partial charge on any atom is -0.352 e. The van der Waals surface area contributed by atoms with E-state index < -0.39 is 4.92 Å². The molecule has 34 heavy (non-hydrogen) atoms. The average Bonchev–Trinajstić information content (AvgIpc) is 3.32. The first-order valence-electron chi connectivity index (χ1n) is 11.0. The van der Waals surface area contributed by atoms with Crippen LogP contribution in [0.25, 0.3) is 6.08 Å². The van der Waals surface area contributed by atoms with Gasteiger partial charge in [0.15, 0.2) is 0 Å². The molecule has 176 valence electrons. The van der Waals surface area contributed by atoms with Gasteiger partial charge < -0.3 is 10.2 Å². The maximum Gasteiger partial charge on any atom is 0.269 e. The molecule has 1 amide bonds. The fourth-order valence-corrected chi connectivity index (χ4v) is 4.48. The van der Waals surface area contributed by atoms with Crippen molar-refractivity contribution in [3.63, 3.8) is 0 Å². The summed E-state index contributed by atoms with van der Waals surface area (Å²) in [5.41, 5.74) is 1.72. The number of carbonyl (C=O) groups excluding carboxylic acids is 1. The highest BCUT2D eigenvalue weighted by molar-refractivity contribution is 7.09. The summed E-state index contributed by atoms with van der Waals surface area (Å²) in [6, 6.07) is 12.4. The molecule has 10 heteroatoms. The summed E-state index contributed by atoms with van der Waals surface area (Å²) in [4.78, 5) is 29.2. The molecule has 2 heterocycles. The third-order valence-corrected chi connectivity index (χ3v) is 6.53. The van der Waals surface area contributed by atoms with Gasteiger partial charge in [-0.2, -0.15) is 4.37 Å². The number of benzene rings is 2. The van der Waals surface area contributed by atoms with Crippen molar-refractivity contribution in [1.29, 1.82) is 0 Å². The number of nitro groups is 1. The normalized spacial score (nSPS) is 14.4. The number of nitrogens with zero attached hydrogens (tertiary/aromatic N) is 4. The number of non-ortho nitro benzene ring substituents is 1. The van der Waals surface area contributed by atoms with E-state index in [4.69, 9.17) is 0 Å². The zero-order valence-electron chi connectivity index (χ0n) is 18.4. The van der Waals surface area contributed by atoms with Crippen LogP contribution in [0.1, 0.15) is 29.8 Å². The van der Waals surface area contributed by atoms with Crippen LogP contribution in [0.2, 0.25) is 0 Å². The molecule has 0 bridgehead atoms. The standard InChI is InChI=1S/C24H24FN5O3S/c25-20-6-1-18(2-7-20)15-22-27-24(34-28-22)29-13-11-19(12-14-29)16-26-23(31)10-5-17-3-8-21(9-4-17)30(32)33/h1-10,19H,11-16H2,(H,26,31)/b10-5+. The largest absolute Gasteiger partial charge is 0.352 e. The van der Waals surface area contributed by atoms with E-state index in [1.165, 1.54) is 41.9 Å². The van der Waals surface area contributed by atoms with Gasteiger partial charge in [-0.1, -0.05) is 12.1 Å². The molecule has 0 atom stereocenters. The summed E-state index contributed by atoms with van der Waals surface area (Å²) in [5.74, 6) is 0.686. The number of halogens is 1. The molecule has 0 radical (unpaired) electrons. The van der Waals surface area contributed by atoms with Crippen LogP contribution < -0.4 is 10.2 Å². The van der Waals surface area contributed by atoms with Gasteiger partial charge in [-0.15, -0.1) is 0 Å². The second-order valence-corrected chi connectivity index (χ2v) is 8.88. The number of aromatic nitrogens is 2. The fourth-order valence-electron chi connectivity index (χ4n) is 3.74. The summed E-state index contributed by atoms with van der Waals surface area (Å²) >= 11 is 1.38. The topological polar surface area (TPSA) is 101 Å². The number of carbonyl (C=O) groups is 1. The van der Waals surface area contributed by atoms with Crippen molar-refractivity contribution in [3.8, 4) is 0 Å². The zero-order chi connectivity index (χ0) is 23.9. The van der Waals surface area contributed by atoms with Crippen LogP contribution in [0.4, 0.5) is 15.2 Å². The zero-order valence-corrected chi connectivity index (χ0v) is 19.2. The van der Waals surface area contributed by atoms with Crippen LogP contribution in [0.15, 0.2) is 54.6 Å². The van der Waals surface area contributed by atoms with Gasteiger partial charge in [0.05, 0.1) is 4.92 Å². The van der Waals surface area contributed by atoms with Gasteiger partial charge in [-0.25, -0.2) is 9.37 Å². The summed E-state index contributed by atoms with van der Waals surface area (Å²) in [5, 5.41) is 14.5. The molecule has 2 aromatic carbocycles. The van der Waals surface area contributed by atoms with E-state index in [9.17, 15) is 19.3 Å². The van der Waals surface area contributed by atoms with Gasteiger partial charge >= 0.3 is 0 Å². The molecular weight excluding hydrogens is 457 g/mol. The number of amides is 1. The van der Waals surface area contributed by atoms with Crippen molar-refractivity contribution in [3.05, 3.63) is 87.5 Å². The van der Waals surface area contributed by atoms with Gasteiger partial charge in [-0.05, 0) is 60.2 Å². The van der Waals surface area contributed by atoms with Crippen molar-refractivity contribution < 1.29 is 14.1 Å². The van der Waals surface area contributed by atoms with E-state index in [1.54, 1.807) is 30.3 Å². The molecule has 8 nitrogen and oxygen atoms in total. The molecule has 0 aliphatic carbocycles. The van der Waals surface area contributed by atoms with Gasteiger partial charge in [0.1, 0.15) is 11.6 Å². The van der Waals surface area contributed by atoms with Crippen molar-refractivity contribution in [1.82, 2.24) is 14.7 Å². The Morgan fingerprint density at radius 2 is 1.88 bits per heavy atom. The Labute approximate surface area is 200 Å². The second kappa shape index (κ2) is 11.0. The predicted molar refractivity (Wildman–Crippen MR) is 129 cm³/mol. The number of rotatable bonds is 8. The first kappa shape index (κ1) is 23.5. The Kier molecular flexibility index (Phi) is 7.58. The van der Waals surface area contributed by atoms with E-state index in [1.807, 2.05) is 0 Å². The molecule has 0 spiro atoms. The highest BCUT2D eigenvalue weighted by Crippen LogP contribution is 2.25. The lowest BCUT2D eigenvalue weighted by Gasteiger charge is -2.31. The maximum absolute atomic E-state index is 13.1. The molecule has 1 N–H and O–H groups in total. The number of hydrogen-bond acceptors (Lipinski definition) is 7. The van der Waals surface area contributed by atoms with E-state index in [0.29, 0.717) is 18.9 Å². The predicted octanol–water partition coefficient (Wildman–Crippen LogP) is 4.22. The summed E-state index contributed by atoms with van der Waals surface area (Å²) in [6.07, 6.45) is 5.55. The van der Waals surface area contributed by atoms with E-state index in [2.05, 4.69) is 19.6 Å². The Hall–Kier alpha value is -3.66. The number of hydrogen-bond donors (Lipinski definition) is 1.